The van der Waals surface area contributed by atoms with Gasteiger partial charge in [0.1, 0.15) is 5.82 Å². The maximum atomic E-state index is 13.3. The topological polar surface area (TPSA) is 26.0 Å². The van der Waals surface area contributed by atoms with Crippen LogP contribution in [0.15, 0.2) is 34.3 Å². The first-order valence-electron chi connectivity index (χ1n) is 6.03. The van der Waals surface area contributed by atoms with Gasteiger partial charge in [0.25, 0.3) is 0 Å². The second-order valence-electron chi connectivity index (χ2n) is 4.69. The van der Waals surface area contributed by atoms with Gasteiger partial charge in [-0.3, -0.25) is 0 Å². The first-order valence-corrected chi connectivity index (χ1v) is 6.83. The first kappa shape index (κ1) is 12.8. The Labute approximate surface area is 110 Å². The molecule has 1 unspecified atom stereocenters. The van der Waals surface area contributed by atoms with Crippen molar-refractivity contribution >= 4 is 15.9 Å². The third-order valence-electron chi connectivity index (χ3n) is 3.09. The summed E-state index contributed by atoms with van der Waals surface area (Å²) in [5, 5.41) is 0. The van der Waals surface area contributed by atoms with Crippen LogP contribution in [0.3, 0.4) is 0 Å². The highest BCUT2D eigenvalue weighted by atomic mass is 79.9. The molecular formula is C14H17BrFN. The standard InChI is InChI=1S/C14H17BrFN/c15-12-6-11(7-13(16)9-12)5-10-3-1-2-4-14(17)8-10/h6-9,14H,1-5,17H2. The first-order chi connectivity index (χ1) is 8.13. The zero-order valence-electron chi connectivity index (χ0n) is 9.76. The number of halogens is 2. The van der Waals surface area contributed by atoms with Crippen molar-refractivity contribution in [3.63, 3.8) is 0 Å². The van der Waals surface area contributed by atoms with Crippen molar-refractivity contribution in [2.75, 3.05) is 0 Å². The Balaban J connectivity index is 2.13. The minimum atomic E-state index is -0.187. The van der Waals surface area contributed by atoms with Gasteiger partial charge in [0.2, 0.25) is 0 Å². The molecule has 2 N–H and O–H groups in total. The van der Waals surface area contributed by atoms with E-state index >= 15 is 0 Å². The summed E-state index contributed by atoms with van der Waals surface area (Å²) in [6, 6.07) is 5.23. The quantitative estimate of drug-likeness (QED) is 0.822. The Morgan fingerprint density at radius 1 is 1.29 bits per heavy atom. The lowest BCUT2D eigenvalue weighted by molar-refractivity contribution is 0.624. The highest BCUT2D eigenvalue weighted by molar-refractivity contribution is 9.10. The van der Waals surface area contributed by atoms with E-state index in [1.165, 1.54) is 24.5 Å². The molecule has 1 aromatic rings. The van der Waals surface area contributed by atoms with Crippen LogP contribution in [0.4, 0.5) is 4.39 Å². The molecule has 0 aromatic heterocycles. The molecule has 0 amide bonds. The molecule has 2 rings (SSSR count). The van der Waals surface area contributed by atoms with E-state index in [1.54, 1.807) is 6.07 Å². The normalized spacial score (nSPS) is 20.9. The van der Waals surface area contributed by atoms with Crippen molar-refractivity contribution in [3.05, 3.63) is 45.7 Å². The molecule has 92 valence electrons. The molecule has 1 aliphatic rings. The summed E-state index contributed by atoms with van der Waals surface area (Å²) in [4.78, 5) is 0. The smallest absolute Gasteiger partial charge is 0.124 e. The van der Waals surface area contributed by atoms with Crippen LogP contribution in [0.2, 0.25) is 0 Å². The number of allylic oxidation sites excluding steroid dienone is 1. The predicted molar refractivity (Wildman–Crippen MR) is 72.3 cm³/mol. The van der Waals surface area contributed by atoms with Crippen LogP contribution >= 0.6 is 15.9 Å². The second-order valence-corrected chi connectivity index (χ2v) is 5.60. The summed E-state index contributed by atoms with van der Waals surface area (Å²) in [5.74, 6) is -0.187. The average molecular weight is 298 g/mol. The van der Waals surface area contributed by atoms with Gasteiger partial charge in [0.15, 0.2) is 0 Å². The van der Waals surface area contributed by atoms with E-state index in [0.29, 0.717) is 0 Å². The molecule has 0 saturated carbocycles. The van der Waals surface area contributed by atoms with Crippen LogP contribution < -0.4 is 5.73 Å². The summed E-state index contributed by atoms with van der Waals surface area (Å²) < 4.78 is 14.1. The van der Waals surface area contributed by atoms with E-state index in [0.717, 1.165) is 29.3 Å². The van der Waals surface area contributed by atoms with Crippen molar-refractivity contribution in [1.29, 1.82) is 0 Å². The zero-order chi connectivity index (χ0) is 12.3. The van der Waals surface area contributed by atoms with Gasteiger partial charge in [0, 0.05) is 10.5 Å². The Morgan fingerprint density at radius 2 is 2.12 bits per heavy atom. The Kier molecular flexibility index (Phi) is 4.35. The molecular weight excluding hydrogens is 281 g/mol. The van der Waals surface area contributed by atoms with E-state index in [-0.39, 0.29) is 11.9 Å². The fraction of sp³-hybridized carbons (Fsp3) is 0.429. The lowest BCUT2D eigenvalue weighted by Crippen LogP contribution is -2.16. The number of nitrogens with two attached hydrogens (primary N) is 1. The summed E-state index contributed by atoms with van der Waals surface area (Å²) in [6.45, 7) is 0. The van der Waals surface area contributed by atoms with Crippen LogP contribution in [0.1, 0.15) is 31.2 Å². The largest absolute Gasteiger partial charge is 0.324 e. The second kappa shape index (κ2) is 5.78. The van der Waals surface area contributed by atoms with E-state index < -0.39 is 0 Å². The van der Waals surface area contributed by atoms with Gasteiger partial charge in [-0.15, -0.1) is 0 Å². The van der Waals surface area contributed by atoms with E-state index in [9.17, 15) is 4.39 Å². The maximum absolute atomic E-state index is 13.3. The third-order valence-corrected chi connectivity index (χ3v) is 3.55. The number of rotatable bonds is 2. The molecule has 3 heteroatoms. The van der Waals surface area contributed by atoms with Crippen LogP contribution in [0.25, 0.3) is 0 Å². The highest BCUT2D eigenvalue weighted by Gasteiger charge is 2.09. The monoisotopic (exact) mass is 297 g/mol. The van der Waals surface area contributed by atoms with E-state index in [4.69, 9.17) is 5.73 Å². The molecule has 0 aliphatic heterocycles. The molecule has 0 fully saturated rings. The lowest BCUT2D eigenvalue weighted by Gasteiger charge is -2.08. The summed E-state index contributed by atoms with van der Waals surface area (Å²) >= 11 is 3.32. The SMILES string of the molecule is NC1C=C(Cc2cc(F)cc(Br)c2)CCCC1. The number of hydrogen-bond acceptors (Lipinski definition) is 1. The zero-order valence-corrected chi connectivity index (χ0v) is 11.3. The van der Waals surface area contributed by atoms with Crippen LogP contribution in [-0.2, 0) is 6.42 Å². The number of hydrogen-bond donors (Lipinski definition) is 1. The molecule has 0 heterocycles. The molecule has 0 radical (unpaired) electrons. The number of benzene rings is 1. The molecule has 0 saturated heterocycles. The van der Waals surface area contributed by atoms with Crippen LogP contribution in [-0.4, -0.2) is 6.04 Å². The van der Waals surface area contributed by atoms with Gasteiger partial charge in [-0.25, -0.2) is 4.39 Å². The van der Waals surface area contributed by atoms with Gasteiger partial charge in [0.05, 0.1) is 0 Å². The van der Waals surface area contributed by atoms with E-state index in [1.807, 2.05) is 6.07 Å². The van der Waals surface area contributed by atoms with Crippen molar-refractivity contribution in [1.82, 2.24) is 0 Å². The molecule has 0 spiro atoms. The van der Waals surface area contributed by atoms with Crippen molar-refractivity contribution in [3.8, 4) is 0 Å². The molecule has 17 heavy (non-hydrogen) atoms. The predicted octanol–water partition coefficient (Wildman–Crippen LogP) is 3.96. The van der Waals surface area contributed by atoms with Gasteiger partial charge in [-0.1, -0.05) is 34.0 Å². The molecule has 0 bridgehead atoms. The van der Waals surface area contributed by atoms with Gasteiger partial charge in [-0.05, 0) is 49.4 Å². The minimum absolute atomic E-state index is 0.171. The van der Waals surface area contributed by atoms with Crippen molar-refractivity contribution < 1.29 is 4.39 Å². The summed E-state index contributed by atoms with van der Waals surface area (Å²) in [5.41, 5.74) is 8.33. The average Bonchev–Trinajstić information content (AvgIpc) is 2.41. The Hall–Kier alpha value is -0.670. The van der Waals surface area contributed by atoms with Gasteiger partial charge in [-0.2, -0.15) is 0 Å². The Morgan fingerprint density at radius 3 is 2.88 bits per heavy atom. The molecule has 1 nitrogen and oxygen atoms in total. The van der Waals surface area contributed by atoms with Gasteiger partial charge >= 0.3 is 0 Å². The fourth-order valence-corrected chi connectivity index (χ4v) is 2.84. The van der Waals surface area contributed by atoms with Crippen molar-refractivity contribution in [2.45, 2.75) is 38.1 Å². The van der Waals surface area contributed by atoms with Crippen LogP contribution in [0.5, 0.6) is 0 Å². The molecule has 1 aliphatic carbocycles. The van der Waals surface area contributed by atoms with E-state index in [2.05, 4.69) is 22.0 Å². The molecule has 1 atom stereocenters. The maximum Gasteiger partial charge on any atom is 0.124 e. The van der Waals surface area contributed by atoms with Crippen molar-refractivity contribution in [2.24, 2.45) is 5.73 Å². The third kappa shape index (κ3) is 3.93. The van der Waals surface area contributed by atoms with Crippen LogP contribution in [0, 0.1) is 5.82 Å². The fourth-order valence-electron chi connectivity index (χ4n) is 2.32. The summed E-state index contributed by atoms with van der Waals surface area (Å²) in [7, 11) is 0. The highest BCUT2D eigenvalue weighted by Crippen LogP contribution is 2.22. The lowest BCUT2D eigenvalue weighted by atomic mass is 10.0. The Bertz CT molecular complexity index is 408. The van der Waals surface area contributed by atoms with Gasteiger partial charge < -0.3 is 5.73 Å². The minimum Gasteiger partial charge on any atom is -0.324 e. The summed E-state index contributed by atoms with van der Waals surface area (Å²) in [6.07, 6.45) is 7.50. The molecule has 1 aromatic carbocycles.